The van der Waals surface area contributed by atoms with E-state index in [1.807, 2.05) is 0 Å². The molecule has 0 bridgehead atoms. The smallest absolute Gasteiger partial charge is 0.141 e. The first kappa shape index (κ1) is 12.9. The molecular weight excluding hydrogens is 248 g/mol. The fraction of sp³-hybridized carbons (Fsp3) is 0.471. The average molecular weight is 270 g/mol. The maximum Gasteiger partial charge on any atom is 0.141 e. The van der Waals surface area contributed by atoms with Gasteiger partial charge in [0.05, 0.1) is 8.07 Å². The Morgan fingerprint density at radius 2 is 1.79 bits per heavy atom. The van der Waals surface area contributed by atoms with Gasteiger partial charge >= 0.3 is 0 Å². The van der Waals surface area contributed by atoms with Gasteiger partial charge in [0.2, 0.25) is 0 Å². The van der Waals surface area contributed by atoms with E-state index < -0.39 is 8.07 Å². The third kappa shape index (κ3) is 2.02. The Labute approximate surface area is 116 Å². The van der Waals surface area contributed by atoms with Crippen LogP contribution in [0.3, 0.4) is 0 Å². The zero-order valence-corrected chi connectivity index (χ0v) is 13.0. The maximum atomic E-state index is 12.8. The van der Waals surface area contributed by atoms with Crippen LogP contribution in [0.25, 0.3) is 0 Å². The van der Waals surface area contributed by atoms with Crippen LogP contribution in [0, 0.1) is 11.8 Å². The standard InChI is InChI=1S/C17H22OSi/c1-19(2,3)17-15(12-8-5-4-6-9-12)13-10-7-11-14(13)16(17)18/h4-9,11,13-15,17H,10H2,1-3H3/t13-,14+,15+,17-/m0/s1. The van der Waals surface area contributed by atoms with E-state index in [9.17, 15) is 4.79 Å². The molecule has 4 atom stereocenters. The molecule has 2 aliphatic rings. The number of Topliss-reactive ketones (excluding diaryl/α,β-unsaturated/α-hetero) is 1. The number of hydrogen-bond donors (Lipinski definition) is 0. The van der Waals surface area contributed by atoms with Crippen LogP contribution in [-0.4, -0.2) is 13.9 Å². The lowest BCUT2D eigenvalue weighted by Crippen LogP contribution is -2.35. The highest BCUT2D eigenvalue weighted by atomic mass is 28.3. The summed E-state index contributed by atoms with van der Waals surface area (Å²) in [6.45, 7) is 7.03. The third-order valence-electron chi connectivity index (χ3n) is 4.79. The Kier molecular flexibility index (Phi) is 3.01. The van der Waals surface area contributed by atoms with Crippen molar-refractivity contribution in [2.24, 2.45) is 11.8 Å². The predicted molar refractivity (Wildman–Crippen MR) is 82.0 cm³/mol. The Morgan fingerprint density at radius 3 is 2.42 bits per heavy atom. The van der Waals surface area contributed by atoms with E-state index in [-0.39, 0.29) is 11.5 Å². The highest BCUT2D eigenvalue weighted by Gasteiger charge is 2.54. The zero-order valence-electron chi connectivity index (χ0n) is 12.0. The number of carbonyl (C=O) groups excluding carboxylic acids is 1. The second-order valence-corrected chi connectivity index (χ2v) is 12.4. The lowest BCUT2D eigenvalue weighted by molar-refractivity contribution is -0.119. The molecule has 1 aromatic carbocycles. The summed E-state index contributed by atoms with van der Waals surface area (Å²) >= 11 is 0. The number of benzene rings is 1. The van der Waals surface area contributed by atoms with E-state index in [0.29, 0.717) is 17.6 Å². The molecule has 0 N–H and O–H groups in total. The highest BCUT2D eigenvalue weighted by molar-refractivity contribution is 6.81. The van der Waals surface area contributed by atoms with Crippen LogP contribution in [0.15, 0.2) is 42.5 Å². The zero-order chi connectivity index (χ0) is 13.6. The SMILES string of the molecule is C[Si](C)(C)[C@@H]1C(=O)[C@@H]2C=CC[C@@H]2[C@H]1c1ccccc1. The Morgan fingerprint density at radius 1 is 1.11 bits per heavy atom. The lowest BCUT2D eigenvalue weighted by Gasteiger charge is -2.31. The van der Waals surface area contributed by atoms with E-state index in [4.69, 9.17) is 0 Å². The van der Waals surface area contributed by atoms with Crippen molar-refractivity contribution in [3.63, 3.8) is 0 Å². The van der Waals surface area contributed by atoms with Gasteiger partial charge < -0.3 is 0 Å². The summed E-state index contributed by atoms with van der Waals surface area (Å²) < 4.78 is 0. The fourth-order valence-corrected chi connectivity index (χ4v) is 6.62. The number of hydrogen-bond acceptors (Lipinski definition) is 1. The minimum Gasteiger partial charge on any atom is -0.299 e. The molecule has 100 valence electrons. The molecule has 0 amide bonds. The summed E-state index contributed by atoms with van der Waals surface area (Å²) in [5, 5.41) is 0. The van der Waals surface area contributed by atoms with Crippen LogP contribution >= 0.6 is 0 Å². The van der Waals surface area contributed by atoms with Gasteiger partial charge in [-0.2, -0.15) is 0 Å². The highest BCUT2D eigenvalue weighted by Crippen LogP contribution is 2.56. The van der Waals surface area contributed by atoms with E-state index in [2.05, 4.69) is 62.1 Å². The first-order chi connectivity index (χ1) is 9.00. The number of allylic oxidation sites excluding steroid dienone is 2. The van der Waals surface area contributed by atoms with Gasteiger partial charge in [0.15, 0.2) is 0 Å². The van der Waals surface area contributed by atoms with Crippen LogP contribution in [0.4, 0.5) is 0 Å². The molecule has 1 nitrogen and oxygen atoms in total. The minimum absolute atomic E-state index is 0.196. The molecule has 1 aromatic rings. The first-order valence-electron chi connectivity index (χ1n) is 7.25. The first-order valence-corrected chi connectivity index (χ1v) is 10.8. The summed E-state index contributed by atoms with van der Waals surface area (Å²) in [7, 11) is -1.48. The molecule has 0 aliphatic heterocycles. The molecule has 2 heteroatoms. The number of fused-ring (bicyclic) bond motifs is 1. The third-order valence-corrected chi connectivity index (χ3v) is 7.30. The molecule has 19 heavy (non-hydrogen) atoms. The van der Waals surface area contributed by atoms with Crippen molar-refractivity contribution in [1.82, 2.24) is 0 Å². The predicted octanol–water partition coefficient (Wildman–Crippen LogP) is 4.25. The monoisotopic (exact) mass is 270 g/mol. The molecule has 0 aromatic heterocycles. The van der Waals surface area contributed by atoms with Gasteiger partial charge in [0, 0.05) is 11.5 Å². The van der Waals surface area contributed by atoms with E-state index in [1.165, 1.54) is 5.56 Å². The van der Waals surface area contributed by atoms with Crippen LogP contribution in [0.2, 0.25) is 25.2 Å². The van der Waals surface area contributed by atoms with Crippen LogP contribution in [0.1, 0.15) is 17.9 Å². The van der Waals surface area contributed by atoms with Crippen molar-refractivity contribution in [2.45, 2.75) is 37.5 Å². The van der Waals surface area contributed by atoms with Gasteiger partial charge in [-0.3, -0.25) is 4.79 Å². The molecule has 0 unspecified atom stereocenters. The second-order valence-electron chi connectivity index (χ2n) is 7.04. The molecule has 0 saturated heterocycles. The van der Waals surface area contributed by atoms with Crippen molar-refractivity contribution in [1.29, 1.82) is 0 Å². The maximum absolute atomic E-state index is 12.8. The summed E-state index contributed by atoms with van der Waals surface area (Å²) in [6.07, 6.45) is 5.46. The number of ketones is 1. The van der Waals surface area contributed by atoms with Crippen LogP contribution < -0.4 is 0 Å². The summed E-state index contributed by atoms with van der Waals surface area (Å²) in [5.41, 5.74) is 1.66. The quantitative estimate of drug-likeness (QED) is 0.580. The van der Waals surface area contributed by atoms with Crippen LogP contribution in [0.5, 0.6) is 0 Å². The fourth-order valence-electron chi connectivity index (χ4n) is 4.06. The Bertz CT molecular complexity index is 512. The van der Waals surface area contributed by atoms with Gasteiger partial charge in [0.25, 0.3) is 0 Å². The summed E-state index contributed by atoms with van der Waals surface area (Å²) in [4.78, 5) is 12.8. The molecule has 0 spiro atoms. The van der Waals surface area contributed by atoms with Gasteiger partial charge in [-0.05, 0) is 23.8 Å². The number of rotatable bonds is 2. The Balaban J connectivity index is 2.06. The van der Waals surface area contributed by atoms with Crippen molar-refractivity contribution in [2.75, 3.05) is 0 Å². The minimum atomic E-state index is -1.48. The van der Waals surface area contributed by atoms with Crippen LogP contribution in [-0.2, 0) is 4.79 Å². The molecule has 1 fully saturated rings. The van der Waals surface area contributed by atoms with Gasteiger partial charge in [-0.25, -0.2) is 0 Å². The van der Waals surface area contributed by atoms with Gasteiger partial charge in [-0.1, -0.05) is 62.1 Å². The van der Waals surface area contributed by atoms with Crippen molar-refractivity contribution in [3.8, 4) is 0 Å². The van der Waals surface area contributed by atoms with Crippen molar-refractivity contribution < 1.29 is 4.79 Å². The largest absolute Gasteiger partial charge is 0.299 e. The Hall–Kier alpha value is -1.15. The average Bonchev–Trinajstić information content (AvgIpc) is 2.92. The normalized spacial score (nSPS) is 33.7. The van der Waals surface area contributed by atoms with E-state index in [0.717, 1.165) is 6.42 Å². The summed E-state index contributed by atoms with van der Waals surface area (Å²) in [6, 6.07) is 10.7. The lowest BCUT2D eigenvalue weighted by atomic mass is 9.86. The molecule has 2 aliphatic carbocycles. The molecule has 0 heterocycles. The topological polar surface area (TPSA) is 17.1 Å². The molecular formula is C17H22OSi. The molecule has 1 saturated carbocycles. The van der Waals surface area contributed by atoms with Crippen molar-refractivity contribution in [3.05, 3.63) is 48.0 Å². The van der Waals surface area contributed by atoms with Crippen molar-refractivity contribution >= 4 is 13.9 Å². The van der Waals surface area contributed by atoms with E-state index >= 15 is 0 Å². The van der Waals surface area contributed by atoms with Gasteiger partial charge in [0.1, 0.15) is 5.78 Å². The number of carbonyl (C=O) groups is 1. The van der Waals surface area contributed by atoms with Gasteiger partial charge in [-0.15, -0.1) is 0 Å². The molecule has 0 radical (unpaired) electrons. The van der Waals surface area contributed by atoms with E-state index in [1.54, 1.807) is 0 Å². The second kappa shape index (κ2) is 4.45. The molecule has 3 rings (SSSR count). The summed E-state index contributed by atoms with van der Waals surface area (Å²) in [5.74, 6) is 1.68.